The van der Waals surface area contributed by atoms with Crippen LogP contribution in [0.3, 0.4) is 0 Å². The summed E-state index contributed by atoms with van der Waals surface area (Å²) in [5, 5.41) is 0. The second kappa shape index (κ2) is 7.09. The van der Waals surface area contributed by atoms with Gasteiger partial charge in [0.2, 0.25) is 5.95 Å². The number of aromatic nitrogens is 3. The SMILES string of the molecule is Cn1c(N2CCOC[C@H]2c2ccccc2)nc(-c2ccncc2)cc1=O. The van der Waals surface area contributed by atoms with Gasteiger partial charge in [0.15, 0.2) is 0 Å². The molecule has 3 heterocycles. The van der Waals surface area contributed by atoms with Crippen LogP contribution >= 0.6 is 0 Å². The molecule has 1 aliphatic heterocycles. The summed E-state index contributed by atoms with van der Waals surface area (Å²) >= 11 is 0. The first-order valence-electron chi connectivity index (χ1n) is 8.62. The summed E-state index contributed by atoms with van der Waals surface area (Å²) in [6, 6.07) is 15.5. The van der Waals surface area contributed by atoms with E-state index in [1.54, 1.807) is 30.1 Å². The van der Waals surface area contributed by atoms with E-state index in [9.17, 15) is 4.79 Å². The van der Waals surface area contributed by atoms with Crippen molar-refractivity contribution in [3.8, 4) is 11.3 Å². The van der Waals surface area contributed by atoms with Crippen LogP contribution in [0.25, 0.3) is 11.3 Å². The standard InChI is InChI=1S/C20H20N4O2/c1-23-19(25)13-17(15-7-9-21-10-8-15)22-20(23)24-11-12-26-14-18(24)16-5-3-2-4-6-16/h2-10,13,18H,11-12,14H2,1H3/t18-/m0/s1. The largest absolute Gasteiger partial charge is 0.377 e. The number of benzene rings is 1. The van der Waals surface area contributed by atoms with Crippen LogP contribution in [-0.2, 0) is 11.8 Å². The molecule has 0 bridgehead atoms. The molecule has 26 heavy (non-hydrogen) atoms. The summed E-state index contributed by atoms with van der Waals surface area (Å²) in [5.74, 6) is 0.654. The molecular formula is C20H20N4O2. The highest BCUT2D eigenvalue weighted by atomic mass is 16.5. The first-order chi connectivity index (χ1) is 12.7. The van der Waals surface area contributed by atoms with Crippen molar-refractivity contribution >= 4 is 5.95 Å². The first kappa shape index (κ1) is 16.5. The second-order valence-electron chi connectivity index (χ2n) is 6.27. The van der Waals surface area contributed by atoms with Gasteiger partial charge in [0, 0.05) is 37.6 Å². The fraction of sp³-hybridized carbons (Fsp3) is 0.250. The third kappa shape index (κ3) is 3.11. The van der Waals surface area contributed by atoms with E-state index in [-0.39, 0.29) is 11.6 Å². The lowest BCUT2D eigenvalue weighted by Gasteiger charge is -2.37. The fourth-order valence-electron chi connectivity index (χ4n) is 3.25. The highest BCUT2D eigenvalue weighted by Gasteiger charge is 2.28. The molecule has 2 aromatic heterocycles. The zero-order valence-electron chi connectivity index (χ0n) is 14.6. The molecule has 6 nitrogen and oxygen atoms in total. The lowest BCUT2D eigenvalue weighted by atomic mass is 10.1. The molecule has 1 aromatic carbocycles. The number of anilines is 1. The van der Waals surface area contributed by atoms with Crippen LogP contribution in [0.5, 0.6) is 0 Å². The molecule has 1 saturated heterocycles. The Labute approximate surface area is 151 Å². The minimum Gasteiger partial charge on any atom is -0.377 e. The van der Waals surface area contributed by atoms with Crippen LogP contribution in [-0.4, -0.2) is 34.3 Å². The Balaban J connectivity index is 1.80. The Morgan fingerprint density at radius 3 is 2.65 bits per heavy atom. The molecule has 0 saturated carbocycles. The van der Waals surface area contributed by atoms with Crippen molar-refractivity contribution in [3.05, 3.63) is 76.8 Å². The summed E-state index contributed by atoms with van der Waals surface area (Å²) < 4.78 is 7.31. The van der Waals surface area contributed by atoms with Gasteiger partial charge in [-0.1, -0.05) is 30.3 Å². The van der Waals surface area contributed by atoms with E-state index < -0.39 is 0 Å². The molecule has 3 aromatic rings. The van der Waals surface area contributed by atoms with Crippen molar-refractivity contribution in [3.63, 3.8) is 0 Å². The summed E-state index contributed by atoms with van der Waals surface area (Å²) in [6.07, 6.45) is 3.41. The number of hydrogen-bond donors (Lipinski definition) is 0. The molecule has 0 spiro atoms. The molecule has 6 heteroatoms. The summed E-state index contributed by atoms with van der Waals surface area (Å²) in [5.41, 5.74) is 2.60. The number of ether oxygens (including phenoxy) is 1. The van der Waals surface area contributed by atoms with Gasteiger partial charge in [-0.25, -0.2) is 4.98 Å². The molecule has 0 aliphatic carbocycles. The lowest BCUT2D eigenvalue weighted by molar-refractivity contribution is 0.0928. The number of rotatable bonds is 3. The van der Waals surface area contributed by atoms with Crippen molar-refractivity contribution in [2.24, 2.45) is 7.05 Å². The van der Waals surface area contributed by atoms with Gasteiger partial charge in [-0.2, -0.15) is 0 Å². The van der Waals surface area contributed by atoms with Crippen LogP contribution in [0.2, 0.25) is 0 Å². The Bertz CT molecular complexity index is 941. The van der Waals surface area contributed by atoms with Gasteiger partial charge >= 0.3 is 0 Å². The van der Waals surface area contributed by atoms with Gasteiger partial charge in [-0.05, 0) is 17.7 Å². The Kier molecular flexibility index (Phi) is 4.50. The van der Waals surface area contributed by atoms with Crippen LogP contribution in [0.4, 0.5) is 5.95 Å². The van der Waals surface area contributed by atoms with Crippen LogP contribution in [0.15, 0.2) is 65.7 Å². The van der Waals surface area contributed by atoms with Crippen molar-refractivity contribution in [1.29, 1.82) is 0 Å². The first-order valence-corrected chi connectivity index (χ1v) is 8.62. The molecule has 4 rings (SSSR count). The minimum atomic E-state index is -0.0832. The Morgan fingerprint density at radius 1 is 1.12 bits per heavy atom. The average Bonchev–Trinajstić information content (AvgIpc) is 2.71. The summed E-state index contributed by atoms with van der Waals surface area (Å²) in [4.78, 5) is 23.6. The van der Waals surface area contributed by atoms with Crippen molar-refractivity contribution in [2.75, 3.05) is 24.7 Å². The Morgan fingerprint density at radius 2 is 1.88 bits per heavy atom. The minimum absolute atomic E-state index is 0.0238. The maximum Gasteiger partial charge on any atom is 0.255 e. The van der Waals surface area contributed by atoms with E-state index >= 15 is 0 Å². The number of morpholine rings is 1. The highest BCUT2D eigenvalue weighted by Crippen LogP contribution is 2.29. The number of nitrogens with zero attached hydrogens (tertiary/aromatic N) is 4. The number of pyridine rings is 1. The normalized spacial score (nSPS) is 17.3. The van der Waals surface area contributed by atoms with E-state index in [2.05, 4.69) is 22.0 Å². The van der Waals surface area contributed by atoms with Crippen LogP contribution in [0.1, 0.15) is 11.6 Å². The molecule has 0 unspecified atom stereocenters. The van der Waals surface area contributed by atoms with E-state index in [0.717, 1.165) is 11.1 Å². The maximum absolute atomic E-state index is 12.6. The van der Waals surface area contributed by atoms with Gasteiger partial charge in [-0.3, -0.25) is 14.3 Å². The maximum atomic E-state index is 12.6. The third-order valence-corrected chi connectivity index (χ3v) is 4.66. The molecule has 0 N–H and O–H groups in total. The molecular weight excluding hydrogens is 328 g/mol. The van der Waals surface area contributed by atoms with Crippen LogP contribution < -0.4 is 10.5 Å². The van der Waals surface area contributed by atoms with E-state index in [4.69, 9.17) is 9.72 Å². The van der Waals surface area contributed by atoms with E-state index in [1.165, 1.54) is 0 Å². The number of hydrogen-bond acceptors (Lipinski definition) is 5. The monoisotopic (exact) mass is 348 g/mol. The summed E-state index contributed by atoms with van der Waals surface area (Å²) in [6.45, 7) is 1.86. The van der Waals surface area contributed by atoms with Gasteiger partial charge in [0.05, 0.1) is 24.9 Å². The van der Waals surface area contributed by atoms with Gasteiger partial charge in [0.25, 0.3) is 5.56 Å². The van der Waals surface area contributed by atoms with Gasteiger partial charge in [-0.15, -0.1) is 0 Å². The molecule has 0 radical (unpaired) electrons. The van der Waals surface area contributed by atoms with Gasteiger partial charge in [0.1, 0.15) is 0 Å². The van der Waals surface area contributed by atoms with Gasteiger partial charge < -0.3 is 9.64 Å². The second-order valence-corrected chi connectivity index (χ2v) is 6.27. The smallest absolute Gasteiger partial charge is 0.255 e. The predicted octanol–water partition coefficient (Wildman–Crippen LogP) is 2.42. The highest BCUT2D eigenvalue weighted by molar-refractivity contribution is 5.59. The quantitative estimate of drug-likeness (QED) is 0.727. The zero-order chi connectivity index (χ0) is 17.9. The van der Waals surface area contributed by atoms with E-state index in [0.29, 0.717) is 31.4 Å². The van der Waals surface area contributed by atoms with Crippen molar-refractivity contribution < 1.29 is 4.74 Å². The summed E-state index contributed by atoms with van der Waals surface area (Å²) in [7, 11) is 1.76. The molecule has 1 fully saturated rings. The predicted molar refractivity (Wildman–Crippen MR) is 100 cm³/mol. The lowest BCUT2D eigenvalue weighted by Crippen LogP contribution is -2.42. The average molecular weight is 348 g/mol. The van der Waals surface area contributed by atoms with Crippen molar-refractivity contribution in [2.45, 2.75) is 6.04 Å². The molecule has 132 valence electrons. The van der Waals surface area contributed by atoms with Crippen LogP contribution in [0, 0.1) is 0 Å². The zero-order valence-corrected chi connectivity index (χ0v) is 14.6. The van der Waals surface area contributed by atoms with E-state index in [1.807, 2.05) is 30.3 Å². The molecule has 1 atom stereocenters. The molecule has 0 amide bonds. The topological polar surface area (TPSA) is 60.2 Å². The fourth-order valence-corrected chi connectivity index (χ4v) is 3.25. The Hall–Kier alpha value is -2.99. The molecule has 1 aliphatic rings. The van der Waals surface area contributed by atoms with Crippen molar-refractivity contribution in [1.82, 2.24) is 14.5 Å². The third-order valence-electron chi connectivity index (χ3n) is 4.66.